The molecule has 27 heavy (non-hydrogen) atoms. The van der Waals surface area contributed by atoms with Gasteiger partial charge >= 0.3 is 42.2 Å². The maximum Gasteiger partial charge on any atom is 0.508 e. The minimum Gasteiger partial charge on any atom is -0.434 e. The van der Waals surface area contributed by atoms with Crippen LogP contribution in [0.1, 0.15) is 6.42 Å². The molecule has 0 amide bonds. The van der Waals surface area contributed by atoms with Gasteiger partial charge in [-0.3, -0.25) is 0 Å². The van der Waals surface area contributed by atoms with Crippen LogP contribution in [-0.4, -0.2) is 55.4 Å². The fraction of sp³-hybridized carbons (Fsp3) is 0.900. The van der Waals surface area contributed by atoms with Crippen molar-refractivity contribution in [3.05, 3.63) is 0 Å². The number of hydrogen-bond acceptors (Lipinski definition) is 3. The lowest BCUT2D eigenvalue weighted by Gasteiger charge is -2.33. The molecule has 0 aliphatic rings. The number of halogens is 14. The number of rotatable bonds is 7. The van der Waals surface area contributed by atoms with Crippen LogP contribution in [0.5, 0.6) is 0 Å². The number of ether oxygens (including phenoxy) is 2. The molecule has 0 rings (SSSR count). The molecule has 0 N–H and O–H groups in total. The second-order valence-corrected chi connectivity index (χ2v) is 4.69. The highest BCUT2D eigenvalue weighted by Gasteiger charge is 2.81. The van der Waals surface area contributed by atoms with E-state index in [1.54, 1.807) is 0 Å². The first-order chi connectivity index (χ1) is 11.6. The molecule has 162 valence electrons. The second kappa shape index (κ2) is 7.37. The van der Waals surface area contributed by atoms with E-state index in [0.717, 1.165) is 0 Å². The van der Waals surface area contributed by atoms with Crippen molar-refractivity contribution in [2.75, 3.05) is 13.2 Å². The van der Waals surface area contributed by atoms with Crippen LogP contribution in [0.3, 0.4) is 0 Å². The van der Waals surface area contributed by atoms with Gasteiger partial charge in [-0.15, -0.1) is 0 Å². The minimum atomic E-state index is -7.20. The lowest BCUT2D eigenvalue weighted by Crippen LogP contribution is -2.61. The van der Waals surface area contributed by atoms with Crippen LogP contribution in [0.4, 0.5) is 66.3 Å². The molecule has 0 unspecified atom stereocenters. The molecule has 0 aromatic carbocycles. The standard InChI is InChI=1S/C10H6F14O3/c11-5(12,7(15,16)8(17,18)10(22,23)24)1-2-26-4(25)27-3-6(13,14)9(19,20)21/h1-3H2. The molecule has 17 heteroatoms. The fourth-order valence-corrected chi connectivity index (χ4v) is 1.10. The molecular formula is C10H6F14O3. The molecule has 0 aromatic rings. The maximum atomic E-state index is 13.0. The van der Waals surface area contributed by atoms with Gasteiger partial charge in [0.1, 0.15) is 6.61 Å². The summed E-state index contributed by atoms with van der Waals surface area (Å²) in [6, 6.07) is 0. The molecule has 0 aromatic heterocycles. The SMILES string of the molecule is O=C(OCCC(F)(F)C(F)(F)C(F)(F)C(F)(F)F)OCC(F)(F)C(F)(F)F. The van der Waals surface area contributed by atoms with E-state index in [-0.39, 0.29) is 0 Å². The van der Waals surface area contributed by atoms with E-state index >= 15 is 0 Å². The predicted molar refractivity (Wildman–Crippen MR) is 53.8 cm³/mol. The summed E-state index contributed by atoms with van der Waals surface area (Å²) in [6.45, 7) is -4.78. The third-order valence-corrected chi connectivity index (χ3v) is 2.63. The quantitative estimate of drug-likeness (QED) is 0.404. The summed E-state index contributed by atoms with van der Waals surface area (Å²) in [5, 5.41) is 0. The van der Waals surface area contributed by atoms with Gasteiger partial charge in [-0.25, -0.2) is 4.79 Å². The van der Waals surface area contributed by atoms with Crippen molar-refractivity contribution in [1.29, 1.82) is 0 Å². The molecule has 0 spiro atoms. The number of carbonyl (C=O) groups is 1. The van der Waals surface area contributed by atoms with Crippen LogP contribution in [0.2, 0.25) is 0 Å². The van der Waals surface area contributed by atoms with Gasteiger partial charge in [-0.2, -0.15) is 61.5 Å². The topological polar surface area (TPSA) is 35.5 Å². The smallest absolute Gasteiger partial charge is 0.434 e. The Hall–Kier alpha value is -1.71. The molecule has 0 aliphatic heterocycles. The van der Waals surface area contributed by atoms with Crippen molar-refractivity contribution in [2.45, 2.75) is 42.5 Å². The molecule has 0 heterocycles. The summed E-state index contributed by atoms with van der Waals surface area (Å²) >= 11 is 0. The monoisotopic (exact) mass is 440 g/mol. The molecule has 0 atom stereocenters. The van der Waals surface area contributed by atoms with Crippen molar-refractivity contribution >= 4 is 6.16 Å². The Labute approximate surface area is 139 Å². The van der Waals surface area contributed by atoms with E-state index in [4.69, 9.17) is 0 Å². The van der Waals surface area contributed by atoms with Gasteiger partial charge in [0.25, 0.3) is 0 Å². The normalized spacial score (nSPS) is 14.9. The summed E-state index contributed by atoms with van der Waals surface area (Å²) in [7, 11) is 0. The van der Waals surface area contributed by atoms with E-state index < -0.39 is 61.8 Å². The highest BCUT2D eigenvalue weighted by atomic mass is 19.4. The largest absolute Gasteiger partial charge is 0.508 e. The first kappa shape index (κ1) is 25.3. The first-order valence-electron chi connectivity index (χ1n) is 6.04. The maximum absolute atomic E-state index is 13.0. The average molecular weight is 440 g/mol. The molecule has 0 saturated heterocycles. The Morgan fingerprint density at radius 3 is 1.41 bits per heavy atom. The second-order valence-electron chi connectivity index (χ2n) is 4.69. The highest BCUT2D eigenvalue weighted by Crippen LogP contribution is 2.53. The Kier molecular flexibility index (Phi) is 6.90. The Balaban J connectivity index is 4.82. The van der Waals surface area contributed by atoms with Gasteiger partial charge in [0.05, 0.1) is 6.42 Å². The van der Waals surface area contributed by atoms with Gasteiger partial charge in [0.2, 0.25) is 0 Å². The lowest BCUT2D eigenvalue weighted by atomic mass is 10.0. The van der Waals surface area contributed by atoms with Gasteiger partial charge in [-0.05, 0) is 0 Å². The predicted octanol–water partition coefficient (Wildman–Crippen LogP) is 5.20. The van der Waals surface area contributed by atoms with Crippen LogP contribution < -0.4 is 0 Å². The molecule has 0 radical (unpaired) electrons. The van der Waals surface area contributed by atoms with Crippen LogP contribution in [-0.2, 0) is 9.47 Å². The first-order valence-corrected chi connectivity index (χ1v) is 6.04. The van der Waals surface area contributed by atoms with Crippen molar-refractivity contribution in [3.8, 4) is 0 Å². The number of hydrogen-bond donors (Lipinski definition) is 0. The van der Waals surface area contributed by atoms with Crippen molar-refractivity contribution < 1.29 is 75.7 Å². The van der Waals surface area contributed by atoms with E-state index in [2.05, 4.69) is 9.47 Å². The lowest BCUT2D eigenvalue weighted by molar-refractivity contribution is -0.397. The van der Waals surface area contributed by atoms with Gasteiger partial charge in [0.15, 0.2) is 6.61 Å². The summed E-state index contributed by atoms with van der Waals surface area (Å²) in [5.41, 5.74) is 0. The van der Waals surface area contributed by atoms with Crippen LogP contribution in [0.25, 0.3) is 0 Å². The molecular weight excluding hydrogens is 434 g/mol. The summed E-state index contributed by atoms with van der Waals surface area (Å²) in [6.07, 6.45) is -18.5. The third kappa shape index (κ3) is 5.40. The zero-order chi connectivity index (χ0) is 22.1. The zero-order valence-electron chi connectivity index (χ0n) is 12.1. The Morgan fingerprint density at radius 1 is 0.593 bits per heavy atom. The molecule has 0 saturated carbocycles. The van der Waals surface area contributed by atoms with Crippen molar-refractivity contribution in [1.82, 2.24) is 0 Å². The van der Waals surface area contributed by atoms with E-state index in [9.17, 15) is 66.3 Å². The van der Waals surface area contributed by atoms with E-state index in [0.29, 0.717) is 0 Å². The van der Waals surface area contributed by atoms with Gasteiger partial charge in [-0.1, -0.05) is 0 Å². The van der Waals surface area contributed by atoms with Crippen LogP contribution in [0.15, 0.2) is 0 Å². The van der Waals surface area contributed by atoms with Crippen LogP contribution in [0, 0.1) is 0 Å². The fourth-order valence-electron chi connectivity index (χ4n) is 1.10. The Morgan fingerprint density at radius 2 is 1.04 bits per heavy atom. The summed E-state index contributed by atoms with van der Waals surface area (Å²) < 4.78 is 178. The highest BCUT2D eigenvalue weighted by molar-refractivity contribution is 5.59. The average Bonchev–Trinajstić information content (AvgIpc) is 2.42. The third-order valence-electron chi connectivity index (χ3n) is 2.63. The minimum absolute atomic E-state index is 2.08. The van der Waals surface area contributed by atoms with Gasteiger partial charge < -0.3 is 9.47 Å². The van der Waals surface area contributed by atoms with Crippen molar-refractivity contribution in [2.24, 2.45) is 0 Å². The molecule has 3 nitrogen and oxygen atoms in total. The number of carbonyl (C=O) groups excluding carboxylic acids is 1. The number of alkyl halides is 14. The van der Waals surface area contributed by atoms with E-state index in [1.807, 2.05) is 0 Å². The molecule has 0 aliphatic carbocycles. The molecule has 0 bridgehead atoms. The van der Waals surface area contributed by atoms with Crippen LogP contribution >= 0.6 is 0 Å². The Bertz CT molecular complexity index is 520. The summed E-state index contributed by atoms with van der Waals surface area (Å²) in [4.78, 5) is 10.6. The van der Waals surface area contributed by atoms with E-state index in [1.165, 1.54) is 0 Å². The summed E-state index contributed by atoms with van der Waals surface area (Å²) in [5.74, 6) is -25.9. The zero-order valence-corrected chi connectivity index (χ0v) is 12.1. The van der Waals surface area contributed by atoms with Crippen molar-refractivity contribution in [3.63, 3.8) is 0 Å². The molecule has 0 fully saturated rings. The van der Waals surface area contributed by atoms with Gasteiger partial charge in [0, 0.05) is 0 Å².